The molecule has 0 aliphatic carbocycles. The van der Waals surface area contributed by atoms with E-state index in [2.05, 4.69) is 5.32 Å². The van der Waals surface area contributed by atoms with Crippen molar-refractivity contribution in [1.29, 1.82) is 0 Å². The van der Waals surface area contributed by atoms with Gasteiger partial charge in [0.15, 0.2) is 0 Å². The lowest BCUT2D eigenvalue weighted by Crippen LogP contribution is -2.37. The molecule has 0 saturated heterocycles. The summed E-state index contributed by atoms with van der Waals surface area (Å²) in [7, 11) is 0. The minimum atomic E-state index is -0.893. The average molecular weight is 260 g/mol. The van der Waals surface area contributed by atoms with Crippen molar-refractivity contribution in [1.82, 2.24) is 5.32 Å². The van der Waals surface area contributed by atoms with Crippen LogP contribution < -0.4 is 5.32 Å². The van der Waals surface area contributed by atoms with Gasteiger partial charge in [0.25, 0.3) is 0 Å². The maximum Gasteiger partial charge on any atom is 0.244 e. The van der Waals surface area contributed by atoms with E-state index in [1.54, 1.807) is 26.0 Å². The Morgan fingerprint density at radius 3 is 2.81 bits per heavy atom. The predicted octanol–water partition coefficient (Wildman–Crippen LogP) is 2.30. The van der Waals surface area contributed by atoms with Crippen LogP contribution in [0.3, 0.4) is 0 Å². The van der Waals surface area contributed by atoms with Crippen molar-refractivity contribution in [3.8, 4) is 0 Å². The van der Waals surface area contributed by atoms with Crippen LogP contribution >= 0.6 is 22.9 Å². The van der Waals surface area contributed by atoms with Crippen LogP contribution in [-0.4, -0.2) is 23.2 Å². The quantitative estimate of drug-likeness (QED) is 0.816. The number of nitrogens with one attached hydrogen (secondary N) is 1. The molecule has 0 spiro atoms. The van der Waals surface area contributed by atoms with E-state index in [4.69, 9.17) is 11.6 Å². The van der Waals surface area contributed by atoms with Gasteiger partial charge >= 0.3 is 0 Å². The molecular formula is C11H14ClNO2S. The van der Waals surface area contributed by atoms with Gasteiger partial charge < -0.3 is 10.4 Å². The summed E-state index contributed by atoms with van der Waals surface area (Å²) >= 11 is 7.15. The Morgan fingerprint density at radius 1 is 1.62 bits per heavy atom. The minimum absolute atomic E-state index is 0.224. The summed E-state index contributed by atoms with van der Waals surface area (Å²) < 4.78 is 0.691. The second-order valence-corrected chi connectivity index (χ2v) is 5.75. The Morgan fingerprint density at radius 2 is 2.31 bits per heavy atom. The highest BCUT2D eigenvalue weighted by molar-refractivity contribution is 7.17. The first-order valence-electron chi connectivity index (χ1n) is 4.80. The van der Waals surface area contributed by atoms with Gasteiger partial charge in [-0.2, -0.15) is 0 Å². The highest BCUT2D eigenvalue weighted by Gasteiger charge is 2.12. The fourth-order valence-electron chi connectivity index (χ4n) is 0.938. The molecule has 1 aromatic rings. The van der Waals surface area contributed by atoms with Gasteiger partial charge in [0.2, 0.25) is 5.91 Å². The smallest absolute Gasteiger partial charge is 0.244 e. The fourth-order valence-corrected chi connectivity index (χ4v) is 1.90. The van der Waals surface area contributed by atoms with Crippen molar-refractivity contribution in [2.24, 2.45) is 0 Å². The van der Waals surface area contributed by atoms with Gasteiger partial charge in [0.1, 0.15) is 0 Å². The Kier molecular flexibility index (Phi) is 4.53. The molecule has 16 heavy (non-hydrogen) atoms. The minimum Gasteiger partial charge on any atom is -0.389 e. The highest BCUT2D eigenvalue weighted by Crippen LogP contribution is 2.22. The average Bonchev–Trinajstić information content (AvgIpc) is 2.57. The van der Waals surface area contributed by atoms with Crippen LogP contribution in [0.1, 0.15) is 18.7 Å². The van der Waals surface area contributed by atoms with Gasteiger partial charge in [-0.1, -0.05) is 11.6 Å². The third kappa shape index (κ3) is 5.30. The fraction of sp³-hybridized carbons (Fsp3) is 0.364. The Bertz CT molecular complexity index is 393. The van der Waals surface area contributed by atoms with Crippen LogP contribution in [0.2, 0.25) is 4.34 Å². The molecule has 0 aliphatic heterocycles. The van der Waals surface area contributed by atoms with Gasteiger partial charge in [0, 0.05) is 17.5 Å². The molecule has 0 unspecified atom stereocenters. The first-order chi connectivity index (χ1) is 7.37. The first-order valence-corrected chi connectivity index (χ1v) is 6.00. The van der Waals surface area contributed by atoms with Crippen LogP contribution in [0.5, 0.6) is 0 Å². The third-order valence-corrected chi connectivity index (χ3v) is 2.88. The maximum atomic E-state index is 11.3. The van der Waals surface area contributed by atoms with Gasteiger partial charge in [-0.15, -0.1) is 11.3 Å². The van der Waals surface area contributed by atoms with Crippen LogP contribution in [-0.2, 0) is 4.79 Å². The summed E-state index contributed by atoms with van der Waals surface area (Å²) in [6.45, 7) is 3.49. The standard InChI is InChI=1S/C11H14ClNO2S/c1-11(2,15)7-13-10(14)6-4-8-3-5-9(12)16-8/h3-6,15H,7H2,1-2H3,(H,13,14)/b6-4+. The third-order valence-electron chi connectivity index (χ3n) is 1.69. The Labute approximate surface area is 104 Å². The topological polar surface area (TPSA) is 49.3 Å². The Balaban J connectivity index is 2.43. The van der Waals surface area contributed by atoms with E-state index in [1.807, 2.05) is 6.07 Å². The van der Waals surface area contributed by atoms with Crippen LogP contribution in [0.15, 0.2) is 18.2 Å². The molecule has 5 heteroatoms. The summed E-state index contributed by atoms with van der Waals surface area (Å²) in [5, 5.41) is 12.0. The monoisotopic (exact) mass is 259 g/mol. The van der Waals surface area contributed by atoms with E-state index in [0.717, 1.165) is 4.88 Å². The number of carbonyl (C=O) groups excluding carboxylic acids is 1. The lowest BCUT2D eigenvalue weighted by molar-refractivity contribution is -0.117. The molecule has 1 heterocycles. The van der Waals surface area contributed by atoms with Crippen LogP contribution in [0.4, 0.5) is 0 Å². The highest BCUT2D eigenvalue weighted by atomic mass is 35.5. The summed E-state index contributed by atoms with van der Waals surface area (Å²) in [6.07, 6.45) is 3.12. The molecule has 3 nitrogen and oxygen atoms in total. The molecule has 1 amide bonds. The zero-order valence-electron chi connectivity index (χ0n) is 9.16. The molecule has 0 saturated carbocycles. The molecule has 2 N–H and O–H groups in total. The first kappa shape index (κ1) is 13.2. The lowest BCUT2D eigenvalue weighted by Gasteiger charge is -2.16. The number of amides is 1. The van der Waals surface area contributed by atoms with Crippen LogP contribution in [0, 0.1) is 0 Å². The summed E-state index contributed by atoms with van der Waals surface area (Å²) in [6, 6.07) is 3.62. The second-order valence-electron chi connectivity index (χ2n) is 4.01. The SMILES string of the molecule is CC(C)(O)CNC(=O)/C=C/c1ccc(Cl)s1. The molecule has 0 radical (unpaired) electrons. The van der Waals surface area contributed by atoms with E-state index in [0.29, 0.717) is 4.34 Å². The molecular weight excluding hydrogens is 246 g/mol. The summed E-state index contributed by atoms with van der Waals surface area (Å²) in [5.41, 5.74) is -0.893. The van der Waals surface area contributed by atoms with Gasteiger partial charge in [-0.25, -0.2) is 0 Å². The number of rotatable bonds is 4. The van der Waals surface area contributed by atoms with Crippen molar-refractivity contribution < 1.29 is 9.90 Å². The van der Waals surface area contributed by atoms with E-state index in [9.17, 15) is 9.90 Å². The van der Waals surface area contributed by atoms with Crippen molar-refractivity contribution in [2.45, 2.75) is 19.4 Å². The number of aliphatic hydroxyl groups is 1. The molecule has 0 bridgehead atoms. The predicted molar refractivity (Wildman–Crippen MR) is 67.7 cm³/mol. The second kappa shape index (κ2) is 5.48. The lowest BCUT2D eigenvalue weighted by atomic mass is 10.1. The number of thiophene rings is 1. The van der Waals surface area contributed by atoms with Crippen LogP contribution in [0.25, 0.3) is 6.08 Å². The maximum absolute atomic E-state index is 11.3. The molecule has 0 aromatic carbocycles. The van der Waals surface area contributed by atoms with E-state index >= 15 is 0 Å². The zero-order valence-corrected chi connectivity index (χ0v) is 10.7. The molecule has 0 aliphatic rings. The largest absolute Gasteiger partial charge is 0.389 e. The van der Waals surface area contributed by atoms with Gasteiger partial charge in [-0.3, -0.25) is 4.79 Å². The Hall–Kier alpha value is -0.840. The number of hydrogen-bond donors (Lipinski definition) is 2. The van der Waals surface area contributed by atoms with Crippen molar-refractivity contribution in [3.63, 3.8) is 0 Å². The number of carbonyl (C=O) groups is 1. The molecule has 1 rings (SSSR count). The van der Waals surface area contributed by atoms with E-state index in [1.165, 1.54) is 17.4 Å². The molecule has 1 aromatic heterocycles. The zero-order chi connectivity index (χ0) is 12.2. The van der Waals surface area contributed by atoms with Crippen molar-refractivity contribution in [3.05, 3.63) is 27.4 Å². The molecule has 0 atom stereocenters. The summed E-state index contributed by atoms with van der Waals surface area (Å²) in [5.74, 6) is -0.230. The molecule has 0 fully saturated rings. The van der Waals surface area contributed by atoms with E-state index < -0.39 is 5.60 Å². The van der Waals surface area contributed by atoms with Gasteiger partial charge in [-0.05, 0) is 32.1 Å². The number of hydrogen-bond acceptors (Lipinski definition) is 3. The van der Waals surface area contributed by atoms with Crippen molar-refractivity contribution >= 4 is 34.9 Å². The van der Waals surface area contributed by atoms with Gasteiger partial charge in [0.05, 0.1) is 9.94 Å². The molecule has 88 valence electrons. The summed E-state index contributed by atoms with van der Waals surface area (Å²) in [4.78, 5) is 12.3. The number of halogens is 1. The van der Waals surface area contributed by atoms with Crippen molar-refractivity contribution in [2.75, 3.05) is 6.54 Å². The van der Waals surface area contributed by atoms with E-state index in [-0.39, 0.29) is 12.5 Å². The normalized spacial score (nSPS) is 12.0.